The number of rotatable bonds is 0. The largest absolute Gasteiger partial charge is 0.507 e. The number of fused-ring (bicyclic) bond motifs is 3. The van der Waals surface area contributed by atoms with Crippen LogP contribution >= 0.6 is 31.9 Å². The highest BCUT2D eigenvalue weighted by Crippen LogP contribution is 2.41. The molecule has 2 aromatic rings. The molecular formula is C13H8Br2O. The van der Waals surface area contributed by atoms with E-state index >= 15 is 0 Å². The van der Waals surface area contributed by atoms with Gasteiger partial charge in [-0.25, -0.2) is 0 Å². The zero-order valence-electron chi connectivity index (χ0n) is 8.30. The quantitative estimate of drug-likeness (QED) is 0.639. The zero-order valence-corrected chi connectivity index (χ0v) is 11.5. The third-order valence-corrected chi connectivity index (χ3v) is 4.04. The summed E-state index contributed by atoms with van der Waals surface area (Å²) in [7, 11) is 0. The van der Waals surface area contributed by atoms with Gasteiger partial charge in [0.1, 0.15) is 5.75 Å². The van der Waals surface area contributed by atoms with Gasteiger partial charge in [-0.2, -0.15) is 0 Å². The molecule has 16 heavy (non-hydrogen) atoms. The Bertz CT molecular complexity index is 591. The summed E-state index contributed by atoms with van der Waals surface area (Å²) in [5, 5.41) is 9.71. The van der Waals surface area contributed by atoms with Gasteiger partial charge in [0.15, 0.2) is 0 Å². The lowest BCUT2D eigenvalue weighted by Crippen LogP contribution is -1.80. The van der Waals surface area contributed by atoms with Gasteiger partial charge < -0.3 is 5.11 Å². The van der Waals surface area contributed by atoms with Crippen molar-refractivity contribution in [3.05, 3.63) is 50.4 Å². The fourth-order valence-corrected chi connectivity index (χ4v) is 2.98. The van der Waals surface area contributed by atoms with Crippen LogP contribution in [-0.2, 0) is 6.42 Å². The van der Waals surface area contributed by atoms with E-state index < -0.39 is 0 Å². The Morgan fingerprint density at radius 2 is 1.69 bits per heavy atom. The molecule has 0 spiro atoms. The molecule has 0 atom stereocenters. The highest BCUT2D eigenvalue weighted by molar-refractivity contribution is 9.10. The predicted molar refractivity (Wildman–Crippen MR) is 71.7 cm³/mol. The fraction of sp³-hybridized carbons (Fsp3) is 0.0769. The van der Waals surface area contributed by atoms with Gasteiger partial charge in [-0.05, 0) is 68.9 Å². The molecule has 0 fully saturated rings. The molecule has 1 aliphatic rings. The minimum Gasteiger partial charge on any atom is -0.507 e. The van der Waals surface area contributed by atoms with E-state index in [-0.39, 0.29) is 0 Å². The lowest BCUT2D eigenvalue weighted by molar-refractivity contribution is 0.472. The molecule has 3 rings (SSSR count). The van der Waals surface area contributed by atoms with Gasteiger partial charge in [0.05, 0.1) is 4.47 Å². The first-order chi connectivity index (χ1) is 7.65. The molecule has 1 aliphatic carbocycles. The van der Waals surface area contributed by atoms with Crippen molar-refractivity contribution < 1.29 is 5.11 Å². The van der Waals surface area contributed by atoms with Gasteiger partial charge in [-0.3, -0.25) is 0 Å². The standard InChI is InChI=1S/C13H8Br2O/c14-9-1-2-10-7(4-9)3-8-5-12(15)13(16)6-11(8)10/h1-2,4-6,16H,3H2. The molecule has 0 amide bonds. The van der Waals surface area contributed by atoms with Gasteiger partial charge in [0.2, 0.25) is 0 Å². The van der Waals surface area contributed by atoms with Crippen LogP contribution in [0.25, 0.3) is 11.1 Å². The summed E-state index contributed by atoms with van der Waals surface area (Å²) in [4.78, 5) is 0. The summed E-state index contributed by atoms with van der Waals surface area (Å²) in [5.74, 6) is 0.300. The molecule has 1 nitrogen and oxygen atoms in total. The number of benzene rings is 2. The smallest absolute Gasteiger partial charge is 0.130 e. The maximum Gasteiger partial charge on any atom is 0.130 e. The zero-order chi connectivity index (χ0) is 11.3. The third-order valence-electron chi connectivity index (χ3n) is 2.91. The summed E-state index contributed by atoms with van der Waals surface area (Å²) in [5.41, 5.74) is 4.93. The Morgan fingerprint density at radius 3 is 2.50 bits per heavy atom. The lowest BCUT2D eigenvalue weighted by Gasteiger charge is -2.03. The summed E-state index contributed by atoms with van der Waals surface area (Å²) >= 11 is 6.83. The van der Waals surface area contributed by atoms with Crippen molar-refractivity contribution >= 4 is 31.9 Å². The van der Waals surface area contributed by atoms with Crippen molar-refractivity contribution in [3.63, 3.8) is 0 Å². The van der Waals surface area contributed by atoms with E-state index in [1.165, 1.54) is 16.7 Å². The number of halogens is 2. The first-order valence-electron chi connectivity index (χ1n) is 4.95. The Balaban J connectivity index is 2.25. The Hall–Kier alpha value is -0.800. The lowest BCUT2D eigenvalue weighted by atomic mass is 10.1. The topological polar surface area (TPSA) is 20.2 Å². The third kappa shape index (κ3) is 1.50. The van der Waals surface area contributed by atoms with Gasteiger partial charge in [-0.15, -0.1) is 0 Å². The molecule has 0 aliphatic heterocycles. The van der Waals surface area contributed by atoms with Crippen LogP contribution in [0.2, 0.25) is 0 Å². The molecule has 3 heteroatoms. The van der Waals surface area contributed by atoms with Crippen molar-refractivity contribution in [2.45, 2.75) is 6.42 Å². The second-order valence-corrected chi connectivity index (χ2v) is 5.71. The number of hydrogen-bond acceptors (Lipinski definition) is 1. The predicted octanol–water partition coefficient (Wildman–Crippen LogP) is 4.49. The summed E-state index contributed by atoms with van der Waals surface area (Å²) in [6.45, 7) is 0. The summed E-state index contributed by atoms with van der Waals surface area (Å²) < 4.78 is 1.86. The molecule has 0 saturated carbocycles. The monoisotopic (exact) mass is 338 g/mol. The van der Waals surface area contributed by atoms with E-state index in [1.807, 2.05) is 18.2 Å². The van der Waals surface area contributed by atoms with E-state index in [4.69, 9.17) is 0 Å². The van der Waals surface area contributed by atoms with Crippen molar-refractivity contribution in [3.8, 4) is 16.9 Å². The number of aromatic hydroxyl groups is 1. The highest BCUT2D eigenvalue weighted by Gasteiger charge is 2.20. The number of phenolic OH excluding ortho intramolecular Hbond substituents is 1. The van der Waals surface area contributed by atoms with E-state index in [2.05, 4.69) is 44.0 Å². The first kappa shape index (κ1) is 10.4. The van der Waals surface area contributed by atoms with Crippen LogP contribution in [0.1, 0.15) is 11.1 Å². The fourth-order valence-electron chi connectivity index (χ4n) is 2.18. The minimum atomic E-state index is 0.300. The molecule has 80 valence electrons. The average Bonchev–Trinajstić information content (AvgIpc) is 2.55. The van der Waals surface area contributed by atoms with E-state index in [0.717, 1.165) is 20.9 Å². The van der Waals surface area contributed by atoms with Crippen molar-refractivity contribution in [1.29, 1.82) is 0 Å². The maximum absolute atomic E-state index is 9.71. The molecular weight excluding hydrogens is 332 g/mol. The van der Waals surface area contributed by atoms with Gasteiger partial charge in [0.25, 0.3) is 0 Å². The molecule has 0 aromatic heterocycles. The Labute approximate surface area is 110 Å². The number of hydrogen-bond donors (Lipinski definition) is 1. The van der Waals surface area contributed by atoms with Crippen LogP contribution in [0.5, 0.6) is 5.75 Å². The van der Waals surface area contributed by atoms with Gasteiger partial charge in [-0.1, -0.05) is 22.0 Å². The molecule has 2 aromatic carbocycles. The molecule has 0 bridgehead atoms. The molecule has 0 saturated heterocycles. The van der Waals surface area contributed by atoms with E-state index in [0.29, 0.717) is 5.75 Å². The van der Waals surface area contributed by atoms with E-state index in [9.17, 15) is 5.11 Å². The van der Waals surface area contributed by atoms with E-state index in [1.54, 1.807) is 0 Å². The van der Waals surface area contributed by atoms with Crippen LogP contribution < -0.4 is 0 Å². The van der Waals surface area contributed by atoms with Gasteiger partial charge >= 0.3 is 0 Å². The van der Waals surface area contributed by atoms with Crippen LogP contribution in [-0.4, -0.2) is 5.11 Å². The second-order valence-electron chi connectivity index (χ2n) is 3.94. The van der Waals surface area contributed by atoms with Crippen molar-refractivity contribution in [1.82, 2.24) is 0 Å². The average molecular weight is 340 g/mol. The Morgan fingerprint density at radius 1 is 0.938 bits per heavy atom. The molecule has 0 heterocycles. The molecule has 0 unspecified atom stereocenters. The second kappa shape index (κ2) is 3.60. The minimum absolute atomic E-state index is 0.300. The summed E-state index contributed by atoms with van der Waals surface area (Å²) in [6.07, 6.45) is 0.934. The highest BCUT2D eigenvalue weighted by atomic mass is 79.9. The van der Waals surface area contributed by atoms with Crippen LogP contribution in [0.4, 0.5) is 0 Å². The SMILES string of the molecule is Oc1cc2c(cc1Br)Cc1cc(Br)ccc1-2. The van der Waals surface area contributed by atoms with Crippen LogP contribution in [0, 0.1) is 0 Å². The van der Waals surface area contributed by atoms with Crippen LogP contribution in [0.15, 0.2) is 39.3 Å². The maximum atomic E-state index is 9.71. The van der Waals surface area contributed by atoms with Crippen molar-refractivity contribution in [2.75, 3.05) is 0 Å². The Kier molecular flexibility index (Phi) is 2.33. The van der Waals surface area contributed by atoms with Gasteiger partial charge in [0, 0.05) is 4.47 Å². The molecule has 0 radical (unpaired) electrons. The van der Waals surface area contributed by atoms with Crippen LogP contribution in [0.3, 0.4) is 0 Å². The van der Waals surface area contributed by atoms with Crippen molar-refractivity contribution in [2.24, 2.45) is 0 Å². The summed E-state index contributed by atoms with van der Waals surface area (Å²) in [6, 6.07) is 10.1. The number of phenols is 1. The first-order valence-corrected chi connectivity index (χ1v) is 6.54. The normalized spacial score (nSPS) is 12.4. The molecule has 1 N–H and O–H groups in total.